The molecule has 1 saturated heterocycles. The molecule has 0 N–H and O–H groups in total. The van der Waals surface area contributed by atoms with E-state index in [9.17, 15) is 0 Å². The molecular weight excluding hydrogens is 244 g/mol. The standard InChI is InChI=1S/C16H24N2.C2H6/c1-14(15-6-4-3-5-7-15)18-12-9-16(2,8-11-17)10-13-18;1-2/h4,6-7,14H,3,5,8-10,12-13H2,1-2H3;1-2H3. The van der Waals surface area contributed by atoms with Crippen LogP contribution in [0.1, 0.15) is 59.8 Å². The van der Waals surface area contributed by atoms with Crippen molar-refractivity contribution in [1.82, 2.24) is 4.90 Å². The molecule has 1 unspecified atom stereocenters. The van der Waals surface area contributed by atoms with Crippen molar-refractivity contribution in [2.24, 2.45) is 5.41 Å². The van der Waals surface area contributed by atoms with E-state index >= 15 is 0 Å². The lowest BCUT2D eigenvalue weighted by Gasteiger charge is -2.41. The average Bonchev–Trinajstić information content (AvgIpc) is 2.50. The van der Waals surface area contributed by atoms with Crippen molar-refractivity contribution in [3.63, 3.8) is 0 Å². The summed E-state index contributed by atoms with van der Waals surface area (Å²) in [5.74, 6) is 0. The maximum atomic E-state index is 8.88. The zero-order valence-electron chi connectivity index (χ0n) is 13.7. The second-order valence-corrected chi connectivity index (χ2v) is 6.04. The molecule has 0 saturated carbocycles. The smallest absolute Gasteiger partial charge is 0.0627 e. The molecule has 1 atom stereocenters. The quantitative estimate of drug-likeness (QED) is 0.746. The highest BCUT2D eigenvalue weighted by Crippen LogP contribution is 2.35. The Morgan fingerprint density at radius 1 is 1.30 bits per heavy atom. The summed E-state index contributed by atoms with van der Waals surface area (Å²) < 4.78 is 0. The fraction of sp³-hybridized carbons (Fsp3) is 0.722. The number of rotatable bonds is 3. The average molecular weight is 274 g/mol. The first-order chi connectivity index (χ1) is 9.64. The zero-order valence-corrected chi connectivity index (χ0v) is 13.7. The van der Waals surface area contributed by atoms with Crippen molar-refractivity contribution in [2.45, 2.75) is 65.8 Å². The lowest BCUT2D eigenvalue weighted by Crippen LogP contribution is -2.43. The molecule has 1 aliphatic carbocycles. The summed E-state index contributed by atoms with van der Waals surface area (Å²) in [6.45, 7) is 10.8. The van der Waals surface area contributed by atoms with Gasteiger partial charge in [-0.2, -0.15) is 5.26 Å². The molecule has 1 heterocycles. The zero-order chi connectivity index (χ0) is 15.0. The van der Waals surface area contributed by atoms with Gasteiger partial charge in [-0.05, 0) is 56.7 Å². The van der Waals surface area contributed by atoms with Crippen molar-refractivity contribution < 1.29 is 0 Å². The molecule has 1 fully saturated rings. The molecule has 2 rings (SSSR count). The van der Waals surface area contributed by atoms with Crippen LogP contribution < -0.4 is 0 Å². The summed E-state index contributed by atoms with van der Waals surface area (Å²) in [5, 5.41) is 8.88. The van der Waals surface area contributed by atoms with Gasteiger partial charge in [0.05, 0.1) is 6.07 Å². The van der Waals surface area contributed by atoms with Crippen LogP contribution in [0.2, 0.25) is 0 Å². The maximum absolute atomic E-state index is 8.88. The van der Waals surface area contributed by atoms with Crippen LogP contribution >= 0.6 is 0 Å². The van der Waals surface area contributed by atoms with Crippen molar-refractivity contribution in [3.05, 3.63) is 23.8 Å². The lowest BCUT2D eigenvalue weighted by atomic mass is 9.77. The molecule has 0 aromatic carbocycles. The number of hydrogen-bond acceptors (Lipinski definition) is 2. The Hall–Kier alpha value is -1.07. The fourth-order valence-corrected chi connectivity index (χ4v) is 2.97. The summed E-state index contributed by atoms with van der Waals surface area (Å²) in [5.41, 5.74) is 1.73. The van der Waals surface area contributed by atoms with Crippen molar-refractivity contribution in [3.8, 4) is 6.07 Å². The Bertz CT molecular complexity index is 379. The van der Waals surface area contributed by atoms with Gasteiger partial charge in [-0.3, -0.25) is 4.90 Å². The number of nitrogens with zero attached hydrogens (tertiary/aromatic N) is 2. The van der Waals surface area contributed by atoms with E-state index in [1.807, 2.05) is 13.8 Å². The van der Waals surface area contributed by atoms with Crippen molar-refractivity contribution >= 4 is 0 Å². The van der Waals surface area contributed by atoms with Gasteiger partial charge < -0.3 is 0 Å². The molecule has 0 amide bonds. The van der Waals surface area contributed by atoms with E-state index in [2.05, 4.69) is 43.0 Å². The summed E-state index contributed by atoms with van der Waals surface area (Å²) >= 11 is 0. The van der Waals surface area contributed by atoms with Gasteiger partial charge in [0.1, 0.15) is 0 Å². The van der Waals surface area contributed by atoms with Crippen LogP contribution in [-0.4, -0.2) is 24.0 Å². The third-order valence-electron chi connectivity index (χ3n) is 4.56. The molecule has 20 heavy (non-hydrogen) atoms. The molecule has 1 aliphatic heterocycles. The molecule has 0 radical (unpaired) electrons. The van der Waals surface area contributed by atoms with E-state index in [1.165, 1.54) is 18.4 Å². The molecule has 0 bridgehead atoms. The minimum Gasteiger partial charge on any atom is -0.297 e. The van der Waals surface area contributed by atoms with Crippen LogP contribution in [0.3, 0.4) is 0 Å². The minimum absolute atomic E-state index is 0.252. The van der Waals surface area contributed by atoms with E-state index in [-0.39, 0.29) is 5.41 Å². The number of nitriles is 1. The summed E-state index contributed by atoms with van der Waals surface area (Å²) in [6.07, 6.45) is 12.4. The lowest BCUT2D eigenvalue weighted by molar-refractivity contribution is 0.104. The Morgan fingerprint density at radius 2 is 1.95 bits per heavy atom. The van der Waals surface area contributed by atoms with Crippen LogP contribution in [0.25, 0.3) is 0 Å². The van der Waals surface area contributed by atoms with Crippen LogP contribution in [-0.2, 0) is 0 Å². The Labute approximate surface area is 125 Å². The van der Waals surface area contributed by atoms with Gasteiger partial charge in [0.25, 0.3) is 0 Å². The van der Waals surface area contributed by atoms with Gasteiger partial charge in [0.15, 0.2) is 0 Å². The van der Waals surface area contributed by atoms with Crippen LogP contribution in [0.4, 0.5) is 0 Å². The third kappa shape index (κ3) is 4.49. The maximum Gasteiger partial charge on any atom is 0.0627 e. The highest BCUT2D eigenvalue weighted by atomic mass is 15.2. The first kappa shape index (κ1) is 17.0. The number of likely N-dealkylation sites (tertiary alicyclic amines) is 1. The van der Waals surface area contributed by atoms with Gasteiger partial charge in [-0.1, -0.05) is 39.0 Å². The number of hydrogen-bond donors (Lipinski definition) is 0. The second kappa shape index (κ2) is 8.27. The molecule has 0 aromatic heterocycles. The minimum atomic E-state index is 0.252. The van der Waals surface area contributed by atoms with E-state index in [0.29, 0.717) is 12.5 Å². The molecule has 2 aliphatic rings. The molecule has 2 heteroatoms. The predicted molar refractivity (Wildman–Crippen MR) is 86.4 cm³/mol. The Morgan fingerprint density at radius 3 is 2.45 bits per heavy atom. The fourth-order valence-electron chi connectivity index (χ4n) is 2.97. The van der Waals surface area contributed by atoms with E-state index in [1.54, 1.807) is 0 Å². The van der Waals surface area contributed by atoms with Gasteiger partial charge in [0.2, 0.25) is 0 Å². The predicted octanol–water partition coefficient (Wildman–Crippen LogP) is 4.69. The second-order valence-electron chi connectivity index (χ2n) is 6.04. The highest BCUT2D eigenvalue weighted by Gasteiger charge is 2.31. The summed E-state index contributed by atoms with van der Waals surface area (Å²) in [6, 6.07) is 2.88. The van der Waals surface area contributed by atoms with Crippen LogP contribution in [0.15, 0.2) is 23.8 Å². The van der Waals surface area contributed by atoms with E-state index in [4.69, 9.17) is 5.26 Å². The number of allylic oxidation sites excluding steroid dienone is 2. The van der Waals surface area contributed by atoms with Gasteiger partial charge >= 0.3 is 0 Å². The topological polar surface area (TPSA) is 27.0 Å². The first-order valence-electron chi connectivity index (χ1n) is 8.12. The molecule has 0 spiro atoms. The number of piperidine rings is 1. The van der Waals surface area contributed by atoms with Gasteiger partial charge in [0, 0.05) is 12.5 Å². The first-order valence-corrected chi connectivity index (χ1v) is 8.12. The van der Waals surface area contributed by atoms with Crippen molar-refractivity contribution in [2.75, 3.05) is 13.1 Å². The summed E-state index contributed by atoms with van der Waals surface area (Å²) in [7, 11) is 0. The molecular formula is C18H30N2. The van der Waals surface area contributed by atoms with Gasteiger partial charge in [-0.25, -0.2) is 0 Å². The normalized spacial score (nSPS) is 23.1. The van der Waals surface area contributed by atoms with Gasteiger partial charge in [-0.15, -0.1) is 0 Å². The summed E-state index contributed by atoms with van der Waals surface area (Å²) in [4.78, 5) is 2.57. The van der Waals surface area contributed by atoms with Crippen LogP contribution in [0.5, 0.6) is 0 Å². The van der Waals surface area contributed by atoms with Crippen LogP contribution in [0, 0.1) is 16.7 Å². The van der Waals surface area contributed by atoms with E-state index in [0.717, 1.165) is 25.9 Å². The largest absolute Gasteiger partial charge is 0.297 e. The Balaban J connectivity index is 0.000000956. The highest BCUT2D eigenvalue weighted by molar-refractivity contribution is 5.27. The monoisotopic (exact) mass is 274 g/mol. The SMILES string of the molecule is CC.CC(C1=CCCC=C1)N1CCC(C)(CC#N)CC1. The van der Waals surface area contributed by atoms with E-state index < -0.39 is 0 Å². The van der Waals surface area contributed by atoms with Crippen molar-refractivity contribution in [1.29, 1.82) is 5.26 Å². The molecule has 0 aromatic rings. The Kier molecular flexibility index (Phi) is 7.02. The third-order valence-corrected chi connectivity index (χ3v) is 4.56. The molecule has 112 valence electrons. The molecule has 2 nitrogen and oxygen atoms in total.